The van der Waals surface area contributed by atoms with Crippen molar-refractivity contribution in [3.63, 3.8) is 0 Å². The minimum absolute atomic E-state index is 0.0268. The maximum Gasteiger partial charge on any atom is 0.253 e. The molecule has 0 atom stereocenters. The van der Waals surface area contributed by atoms with Gasteiger partial charge in [-0.1, -0.05) is 30.3 Å². The first-order chi connectivity index (χ1) is 15.7. The molecule has 1 aliphatic heterocycles. The van der Waals surface area contributed by atoms with E-state index >= 15 is 0 Å². The highest BCUT2D eigenvalue weighted by Crippen LogP contribution is 2.29. The first-order valence-corrected chi connectivity index (χ1v) is 10.7. The lowest BCUT2D eigenvalue weighted by Crippen LogP contribution is -2.48. The van der Waals surface area contributed by atoms with Crippen LogP contribution >= 0.6 is 0 Å². The molecule has 4 rings (SSSR count). The molecule has 6 nitrogen and oxygen atoms in total. The lowest BCUT2D eigenvalue weighted by Gasteiger charge is -2.36. The second-order valence-corrected chi connectivity index (χ2v) is 7.58. The van der Waals surface area contributed by atoms with Crippen molar-refractivity contribution in [1.29, 1.82) is 0 Å². The van der Waals surface area contributed by atoms with Gasteiger partial charge in [-0.2, -0.15) is 0 Å². The SMILES string of the molecule is COc1ccc(C(=O)N2CCN(c3ccccc3)CC2)cc1COc1ccccc1OC. The van der Waals surface area contributed by atoms with Gasteiger partial charge in [0, 0.05) is 43.0 Å². The van der Waals surface area contributed by atoms with Gasteiger partial charge in [0.1, 0.15) is 12.4 Å². The van der Waals surface area contributed by atoms with E-state index in [-0.39, 0.29) is 12.5 Å². The molecule has 6 heteroatoms. The molecule has 166 valence electrons. The van der Waals surface area contributed by atoms with Gasteiger partial charge in [-0.05, 0) is 42.5 Å². The van der Waals surface area contributed by atoms with Crippen LogP contribution in [-0.2, 0) is 6.61 Å². The third-order valence-electron chi connectivity index (χ3n) is 5.67. The number of ether oxygens (including phenoxy) is 3. The Balaban J connectivity index is 1.44. The van der Waals surface area contributed by atoms with Crippen LogP contribution in [0.1, 0.15) is 15.9 Å². The van der Waals surface area contributed by atoms with Crippen molar-refractivity contribution in [2.75, 3.05) is 45.3 Å². The molecule has 0 bridgehead atoms. The van der Waals surface area contributed by atoms with E-state index in [2.05, 4.69) is 17.0 Å². The Bertz CT molecular complexity index is 1050. The summed E-state index contributed by atoms with van der Waals surface area (Å²) in [6.45, 7) is 3.28. The fourth-order valence-corrected chi connectivity index (χ4v) is 3.91. The molecular formula is C26H28N2O4. The van der Waals surface area contributed by atoms with Gasteiger partial charge in [0.05, 0.1) is 14.2 Å². The second kappa shape index (κ2) is 10.1. The van der Waals surface area contributed by atoms with E-state index in [1.54, 1.807) is 14.2 Å². The Morgan fingerprint density at radius 1 is 0.781 bits per heavy atom. The van der Waals surface area contributed by atoms with Crippen LogP contribution in [0, 0.1) is 0 Å². The monoisotopic (exact) mass is 432 g/mol. The zero-order valence-electron chi connectivity index (χ0n) is 18.5. The third kappa shape index (κ3) is 4.80. The predicted octanol–water partition coefficient (Wildman–Crippen LogP) is 4.25. The first kappa shape index (κ1) is 21.6. The molecule has 0 unspecified atom stereocenters. The topological polar surface area (TPSA) is 51.2 Å². The van der Waals surface area contributed by atoms with Crippen LogP contribution in [0.15, 0.2) is 72.8 Å². The number of piperazine rings is 1. The maximum atomic E-state index is 13.2. The number of methoxy groups -OCH3 is 2. The van der Waals surface area contributed by atoms with E-state index in [1.807, 2.05) is 65.6 Å². The summed E-state index contributed by atoms with van der Waals surface area (Å²) in [5.41, 5.74) is 2.64. The van der Waals surface area contributed by atoms with E-state index in [4.69, 9.17) is 14.2 Å². The van der Waals surface area contributed by atoms with Crippen LogP contribution in [0.2, 0.25) is 0 Å². The number of nitrogens with zero attached hydrogens (tertiary/aromatic N) is 2. The molecule has 0 aliphatic carbocycles. The number of anilines is 1. The van der Waals surface area contributed by atoms with Crippen molar-refractivity contribution in [3.8, 4) is 17.2 Å². The van der Waals surface area contributed by atoms with E-state index in [1.165, 1.54) is 5.69 Å². The summed E-state index contributed by atoms with van der Waals surface area (Å²) in [7, 11) is 3.23. The summed E-state index contributed by atoms with van der Waals surface area (Å²) < 4.78 is 16.8. The van der Waals surface area contributed by atoms with Crippen molar-refractivity contribution in [3.05, 3.63) is 83.9 Å². The van der Waals surface area contributed by atoms with Crippen molar-refractivity contribution in [2.24, 2.45) is 0 Å². The fourth-order valence-electron chi connectivity index (χ4n) is 3.91. The van der Waals surface area contributed by atoms with Crippen molar-refractivity contribution >= 4 is 11.6 Å². The number of hydrogen-bond donors (Lipinski definition) is 0. The highest BCUT2D eigenvalue weighted by atomic mass is 16.5. The van der Waals surface area contributed by atoms with Gasteiger partial charge < -0.3 is 24.0 Å². The molecular weight excluding hydrogens is 404 g/mol. The summed E-state index contributed by atoms with van der Waals surface area (Å²) in [6, 6.07) is 23.3. The Labute approximate surface area is 188 Å². The minimum atomic E-state index is 0.0268. The number of amides is 1. The van der Waals surface area contributed by atoms with Gasteiger partial charge >= 0.3 is 0 Å². The van der Waals surface area contributed by atoms with Crippen LogP contribution in [0.4, 0.5) is 5.69 Å². The van der Waals surface area contributed by atoms with E-state index in [0.717, 1.165) is 18.7 Å². The van der Waals surface area contributed by atoms with E-state index in [9.17, 15) is 4.79 Å². The van der Waals surface area contributed by atoms with Crippen LogP contribution < -0.4 is 19.1 Å². The van der Waals surface area contributed by atoms with Crippen molar-refractivity contribution < 1.29 is 19.0 Å². The minimum Gasteiger partial charge on any atom is -0.496 e. The highest BCUT2D eigenvalue weighted by molar-refractivity contribution is 5.94. The molecule has 0 N–H and O–H groups in total. The average Bonchev–Trinajstić information content (AvgIpc) is 2.87. The molecule has 1 fully saturated rings. The van der Waals surface area contributed by atoms with Crippen LogP contribution in [0.25, 0.3) is 0 Å². The summed E-state index contributed by atoms with van der Waals surface area (Å²) in [6.07, 6.45) is 0. The van der Waals surface area contributed by atoms with E-state index < -0.39 is 0 Å². The molecule has 1 heterocycles. The average molecular weight is 433 g/mol. The molecule has 1 aliphatic rings. The Morgan fingerprint density at radius 2 is 1.44 bits per heavy atom. The number of hydrogen-bond acceptors (Lipinski definition) is 5. The quantitative estimate of drug-likeness (QED) is 0.559. The smallest absolute Gasteiger partial charge is 0.253 e. The highest BCUT2D eigenvalue weighted by Gasteiger charge is 2.23. The fraction of sp³-hybridized carbons (Fsp3) is 0.269. The molecule has 1 saturated heterocycles. The number of rotatable bonds is 7. The number of carbonyl (C=O) groups excluding carboxylic acids is 1. The molecule has 3 aromatic carbocycles. The lowest BCUT2D eigenvalue weighted by molar-refractivity contribution is 0.0746. The zero-order chi connectivity index (χ0) is 22.3. The van der Waals surface area contributed by atoms with Gasteiger partial charge in [0.25, 0.3) is 5.91 Å². The lowest BCUT2D eigenvalue weighted by atomic mass is 10.1. The molecule has 0 aromatic heterocycles. The molecule has 0 spiro atoms. The van der Waals surface area contributed by atoms with E-state index in [0.29, 0.717) is 35.9 Å². The number of carbonyl (C=O) groups is 1. The van der Waals surface area contributed by atoms with Gasteiger partial charge in [-0.3, -0.25) is 4.79 Å². The summed E-state index contributed by atoms with van der Waals surface area (Å²) in [5.74, 6) is 2.02. The van der Waals surface area contributed by atoms with Gasteiger partial charge in [0.15, 0.2) is 11.5 Å². The van der Waals surface area contributed by atoms with Crippen molar-refractivity contribution in [2.45, 2.75) is 6.61 Å². The van der Waals surface area contributed by atoms with Gasteiger partial charge in [0.2, 0.25) is 0 Å². The largest absolute Gasteiger partial charge is 0.496 e. The zero-order valence-corrected chi connectivity index (χ0v) is 18.5. The Hall–Kier alpha value is -3.67. The summed E-state index contributed by atoms with van der Waals surface area (Å²) >= 11 is 0. The van der Waals surface area contributed by atoms with Gasteiger partial charge in [-0.25, -0.2) is 0 Å². The summed E-state index contributed by atoms with van der Waals surface area (Å²) in [4.78, 5) is 17.4. The third-order valence-corrected chi connectivity index (χ3v) is 5.67. The van der Waals surface area contributed by atoms with Crippen LogP contribution in [0.5, 0.6) is 17.2 Å². The number of para-hydroxylation sites is 3. The second-order valence-electron chi connectivity index (χ2n) is 7.58. The Morgan fingerprint density at radius 3 is 2.12 bits per heavy atom. The Kier molecular flexibility index (Phi) is 6.80. The first-order valence-electron chi connectivity index (χ1n) is 10.7. The van der Waals surface area contributed by atoms with Crippen LogP contribution in [-0.4, -0.2) is 51.2 Å². The summed E-state index contributed by atoms with van der Waals surface area (Å²) in [5, 5.41) is 0. The predicted molar refractivity (Wildman–Crippen MR) is 125 cm³/mol. The normalized spacial score (nSPS) is 13.6. The van der Waals surface area contributed by atoms with Gasteiger partial charge in [-0.15, -0.1) is 0 Å². The molecule has 32 heavy (non-hydrogen) atoms. The standard InChI is InChI=1S/C26H28N2O4/c1-30-23-13-12-20(18-21(23)19-32-25-11-7-6-10-24(25)31-2)26(29)28-16-14-27(15-17-28)22-8-4-3-5-9-22/h3-13,18H,14-17,19H2,1-2H3. The molecule has 0 radical (unpaired) electrons. The molecule has 3 aromatic rings. The maximum absolute atomic E-state index is 13.2. The molecule has 1 amide bonds. The van der Waals surface area contributed by atoms with Crippen molar-refractivity contribution in [1.82, 2.24) is 4.90 Å². The van der Waals surface area contributed by atoms with Crippen LogP contribution in [0.3, 0.4) is 0 Å². The number of benzene rings is 3. The molecule has 0 saturated carbocycles.